The number of carbonyl (C=O) groups is 5. The minimum atomic E-state index is -1.58. The molecule has 34 heavy (non-hydrogen) atoms. The summed E-state index contributed by atoms with van der Waals surface area (Å²) in [6.45, 7) is 1.83. The molecule has 0 aromatic heterocycles. The number of carboxylic acids is 2. The van der Waals surface area contributed by atoms with Crippen LogP contribution in [0.4, 0.5) is 0 Å². The molecule has 3 amide bonds. The molecule has 1 aromatic carbocycles. The number of hydrogen-bond acceptors (Lipinski definition) is 7. The molecule has 1 aromatic rings. The second-order valence-corrected chi connectivity index (χ2v) is 8.12. The lowest BCUT2D eigenvalue weighted by Crippen LogP contribution is -2.60. The van der Waals surface area contributed by atoms with Gasteiger partial charge in [-0.1, -0.05) is 30.3 Å². The standard InChI is InChI=1S/C22H30N4O8/c1-12(27)18(21(32)25-16(22(33)34)10-13-6-3-2-4-7-13)26-20(31)15(11-17(28)29)24-19(30)14-8-5-9-23-14/h2-4,6-7,12,14-16,18,23,27H,5,8-11H2,1H3,(H,24,30)(H,25,32)(H,26,31)(H,28,29)(H,33,34). The summed E-state index contributed by atoms with van der Waals surface area (Å²) in [6, 6.07) is 3.59. The summed E-state index contributed by atoms with van der Waals surface area (Å²) in [6.07, 6.45) is -0.929. The molecule has 186 valence electrons. The minimum absolute atomic E-state index is 0.0333. The van der Waals surface area contributed by atoms with Crippen LogP contribution in [0.3, 0.4) is 0 Å². The zero-order valence-corrected chi connectivity index (χ0v) is 18.7. The Hall–Kier alpha value is -3.51. The molecule has 2 rings (SSSR count). The van der Waals surface area contributed by atoms with Crippen LogP contribution < -0.4 is 21.3 Å². The first kappa shape index (κ1) is 26.7. The summed E-state index contributed by atoms with van der Waals surface area (Å²) in [4.78, 5) is 60.7. The van der Waals surface area contributed by atoms with Gasteiger partial charge in [-0.25, -0.2) is 4.79 Å². The lowest BCUT2D eigenvalue weighted by molar-refractivity contribution is -0.144. The van der Waals surface area contributed by atoms with Gasteiger partial charge in [-0.2, -0.15) is 0 Å². The topological polar surface area (TPSA) is 194 Å². The summed E-state index contributed by atoms with van der Waals surface area (Å²) in [7, 11) is 0. The van der Waals surface area contributed by atoms with Gasteiger partial charge < -0.3 is 36.6 Å². The van der Waals surface area contributed by atoms with E-state index < -0.39 is 66.4 Å². The maximum absolute atomic E-state index is 12.7. The van der Waals surface area contributed by atoms with Gasteiger partial charge in [0, 0.05) is 6.42 Å². The fourth-order valence-electron chi connectivity index (χ4n) is 3.53. The van der Waals surface area contributed by atoms with Gasteiger partial charge in [0.25, 0.3) is 0 Å². The number of carbonyl (C=O) groups excluding carboxylic acids is 3. The first-order valence-electron chi connectivity index (χ1n) is 10.9. The third-order valence-electron chi connectivity index (χ3n) is 5.35. The Bertz CT molecular complexity index is 886. The molecule has 5 atom stereocenters. The van der Waals surface area contributed by atoms with Gasteiger partial charge in [-0.3, -0.25) is 19.2 Å². The van der Waals surface area contributed by atoms with Gasteiger partial charge in [-0.05, 0) is 31.9 Å². The maximum Gasteiger partial charge on any atom is 0.326 e. The lowest BCUT2D eigenvalue weighted by Gasteiger charge is -2.26. The van der Waals surface area contributed by atoms with E-state index in [1.54, 1.807) is 30.3 Å². The van der Waals surface area contributed by atoms with E-state index in [0.29, 0.717) is 18.5 Å². The fraction of sp³-hybridized carbons (Fsp3) is 0.500. The number of rotatable bonds is 12. The third kappa shape index (κ3) is 8.12. The van der Waals surface area contributed by atoms with Crippen molar-refractivity contribution in [2.75, 3.05) is 6.54 Å². The summed E-state index contributed by atoms with van der Waals surface area (Å²) in [5, 5.41) is 38.5. The maximum atomic E-state index is 12.7. The Balaban J connectivity index is 2.08. The molecule has 5 unspecified atom stereocenters. The van der Waals surface area contributed by atoms with E-state index in [1.807, 2.05) is 0 Å². The molecule has 1 aliphatic heterocycles. The summed E-state index contributed by atoms with van der Waals surface area (Å²) >= 11 is 0. The van der Waals surface area contributed by atoms with Crippen LogP contribution in [0.1, 0.15) is 31.7 Å². The molecule has 12 heteroatoms. The molecule has 1 aliphatic rings. The van der Waals surface area contributed by atoms with Crippen LogP contribution >= 0.6 is 0 Å². The second-order valence-electron chi connectivity index (χ2n) is 8.12. The molecule has 0 spiro atoms. The van der Waals surface area contributed by atoms with E-state index in [1.165, 1.54) is 6.92 Å². The van der Waals surface area contributed by atoms with Crippen molar-refractivity contribution in [1.29, 1.82) is 0 Å². The van der Waals surface area contributed by atoms with E-state index in [4.69, 9.17) is 5.11 Å². The van der Waals surface area contributed by atoms with Gasteiger partial charge >= 0.3 is 11.9 Å². The summed E-state index contributed by atoms with van der Waals surface area (Å²) in [5.41, 5.74) is 0.651. The smallest absolute Gasteiger partial charge is 0.326 e. The van der Waals surface area contributed by atoms with Crippen LogP contribution in [0.25, 0.3) is 0 Å². The first-order chi connectivity index (χ1) is 16.1. The van der Waals surface area contributed by atoms with E-state index >= 15 is 0 Å². The number of aliphatic hydroxyl groups is 1. The van der Waals surface area contributed by atoms with Gasteiger partial charge in [0.1, 0.15) is 18.1 Å². The predicted octanol–water partition coefficient (Wildman–Crippen LogP) is -1.62. The van der Waals surface area contributed by atoms with Crippen molar-refractivity contribution in [2.45, 2.75) is 62.9 Å². The van der Waals surface area contributed by atoms with Crippen molar-refractivity contribution in [1.82, 2.24) is 21.3 Å². The highest BCUT2D eigenvalue weighted by Gasteiger charge is 2.34. The quantitative estimate of drug-likeness (QED) is 0.185. The molecular weight excluding hydrogens is 448 g/mol. The molecule has 1 fully saturated rings. The number of aliphatic carboxylic acids is 2. The van der Waals surface area contributed by atoms with E-state index in [9.17, 15) is 34.2 Å². The zero-order valence-electron chi connectivity index (χ0n) is 18.7. The molecular formula is C22H30N4O8. The third-order valence-corrected chi connectivity index (χ3v) is 5.35. The number of carboxylic acid groups (broad SMARTS) is 2. The molecule has 12 nitrogen and oxygen atoms in total. The largest absolute Gasteiger partial charge is 0.481 e. The Labute approximate surface area is 196 Å². The van der Waals surface area contributed by atoms with Crippen LogP contribution in [0.2, 0.25) is 0 Å². The highest BCUT2D eigenvalue weighted by molar-refractivity contribution is 5.96. The summed E-state index contributed by atoms with van der Waals surface area (Å²) in [5.74, 6) is -5.18. The van der Waals surface area contributed by atoms with Crippen LogP contribution in [0.5, 0.6) is 0 Å². The molecule has 1 saturated heterocycles. The lowest BCUT2D eigenvalue weighted by atomic mass is 10.0. The van der Waals surface area contributed by atoms with Crippen molar-refractivity contribution in [3.05, 3.63) is 35.9 Å². The molecule has 7 N–H and O–H groups in total. The van der Waals surface area contributed by atoms with Crippen LogP contribution in [0.15, 0.2) is 30.3 Å². The number of amides is 3. The Kier molecular flexibility index (Phi) is 9.95. The Morgan fingerprint density at radius 2 is 1.68 bits per heavy atom. The highest BCUT2D eigenvalue weighted by atomic mass is 16.4. The van der Waals surface area contributed by atoms with Crippen molar-refractivity contribution in [3.8, 4) is 0 Å². The van der Waals surface area contributed by atoms with Crippen LogP contribution in [-0.4, -0.2) is 81.8 Å². The first-order valence-corrected chi connectivity index (χ1v) is 10.9. The molecule has 0 radical (unpaired) electrons. The Morgan fingerprint density at radius 3 is 2.21 bits per heavy atom. The van der Waals surface area contributed by atoms with Crippen molar-refractivity contribution in [2.24, 2.45) is 0 Å². The molecule has 0 aliphatic carbocycles. The van der Waals surface area contributed by atoms with Gasteiger partial charge in [-0.15, -0.1) is 0 Å². The average Bonchev–Trinajstić information content (AvgIpc) is 3.31. The predicted molar refractivity (Wildman–Crippen MR) is 119 cm³/mol. The molecule has 0 saturated carbocycles. The monoisotopic (exact) mass is 478 g/mol. The van der Waals surface area contributed by atoms with E-state index in [2.05, 4.69) is 21.3 Å². The molecule has 1 heterocycles. The van der Waals surface area contributed by atoms with Gasteiger partial charge in [0.05, 0.1) is 18.6 Å². The highest BCUT2D eigenvalue weighted by Crippen LogP contribution is 2.07. The second kappa shape index (κ2) is 12.7. The minimum Gasteiger partial charge on any atom is -0.481 e. The van der Waals surface area contributed by atoms with Crippen molar-refractivity contribution < 1.29 is 39.3 Å². The number of benzene rings is 1. The van der Waals surface area contributed by atoms with Crippen molar-refractivity contribution >= 4 is 29.7 Å². The van der Waals surface area contributed by atoms with E-state index in [-0.39, 0.29) is 6.42 Å². The number of aliphatic hydroxyl groups excluding tert-OH is 1. The van der Waals surface area contributed by atoms with Crippen LogP contribution in [0, 0.1) is 0 Å². The zero-order chi connectivity index (χ0) is 25.3. The fourth-order valence-corrected chi connectivity index (χ4v) is 3.53. The van der Waals surface area contributed by atoms with Crippen molar-refractivity contribution in [3.63, 3.8) is 0 Å². The normalized spacial score (nSPS) is 18.7. The molecule has 0 bridgehead atoms. The van der Waals surface area contributed by atoms with E-state index in [0.717, 1.165) is 6.42 Å². The Morgan fingerprint density at radius 1 is 1.00 bits per heavy atom. The summed E-state index contributed by atoms with van der Waals surface area (Å²) < 4.78 is 0. The van der Waals surface area contributed by atoms with Gasteiger partial charge in [0.15, 0.2) is 0 Å². The number of hydrogen-bond donors (Lipinski definition) is 7. The SMILES string of the molecule is CC(O)C(NC(=O)C(CC(=O)O)NC(=O)C1CCCN1)C(=O)NC(Cc1ccccc1)C(=O)O. The van der Waals surface area contributed by atoms with Gasteiger partial charge in [0.2, 0.25) is 17.7 Å². The average molecular weight is 479 g/mol. The van der Waals surface area contributed by atoms with Crippen LogP contribution in [-0.2, 0) is 30.4 Å². The number of nitrogens with one attached hydrogen (secondary N) is 4.